The van der Waals surface area contributed by atoms with E-state index in [2.05, 4.69) is 24.4 Å². The maximum absolute atomic E-state index is 12.0. The number of hydrogen-bond acceptors (Lipinski definition) is 5. The third kappa shape index (κ3) is 5.00. The van der Waals surface area contributed by atoms with Crippen LogP contribution in [0.2, 0.25) is 0 Å². The summed E-state index contributed by atoms with van der Waals surface area (Å²) in [6.45, 7) is 7.16. The Morgan fingerprint density at radius 1 is 1.19 bits per heavy atom. The molecule has 1 heterocycles. The Kier molecular flexibility index (Phi) is 5.96. The van der Waals surface area contributed by atoms with Gasteiger partial charge < -0.3 is 14.2 Å². The number of hydrazone groups is 1. The van der Waals surface area contributed by atoms with Crippen molar-refractivity contribution in [3.05, 3.63) is 53.1 Å². The summed E-state index contributed by atoms with van der Waals surface area (Å²) >= 11 is 0. The van der Waals surface area contributed by atoms with Gasteiger partial charge in [0.05, 0.1) is 6.21 Å². The Morgan fingerprint density at radius 2 is 1.96 bits per heavy atom. The van der Waals surface area contributed by atoms with Crippen LogP contribution in [-0.2, 0) is 4.79 Å². The Bertz CT molecular complexity index is 846. The van der Waals surface area contributed by atoms with Gasteiger partial charge in [-0.2, -0.15) is 5.10 Å². The minimum absolute atomic E-state index is 0.0956. The normalized spacial score (nSPS) is 13.0. The van der Waals surface area contributed by atoms with Gasteiger partial charge in [0, 0.05) is 0 Å². The molecule has 2 aromatic rings. The zero-order valence-electron chi connectivity index (χ0n) is 15.8. The average Bonchev–Trinajstić information content (AvgIpc) is 2.66. The van der Waals surface area contributed by atoms with E-state index in [4.69, 9.17) is 14.2 Å². The van der Waals surface area contributed by atoms with Crippen LogP contribution >= 0.6 is 0 Å². The lowest BCUT2D eigenvalue weighted by atomic mass is 10.0. The number of ether oxygens (including phenoxy) is 3. The highest BCUT2D eigenvalue weighted by Crippen LogP contribution is 2.30. The molecule has 6 heteroatoms. The van der Waals surface area contributed by atoms with Crippen LogP contribution in [-0.4, -0.2) is 31.9 Å². The molecule has 0 aliphatic carbocycles. The molecule has 0 saturated heterocycles. The summed E-state index contributed by atoms with van der Waals surface area (Å²) in [5.74, 6) is 2.13. The first-order valence-corrected chi connectivity index (χ1v) is 8.98. The summed E-state index contributed by atoms with van der Waals surface area (Å²) in [5, 5.41) is 3.98. The topological polar surface area (TPSA) is 69.2 Å². The molecule has 0 unspecified atom stereocenters. The molecule has 1 aliphatic rings. The summed E-state index contributed by atoms with van der Waals surface area (Å²) in [6, 6.07) is 11.5. The lowest BCUT2D eigenvalue weighted by Gasteiger charge is -2.18. The fourth-order valence-corrected chi connectivity index (χ4v) is 2.74. The molecule has 0 atom stereocenters. The third-order valence-corrected chi connectivity index (χ3v) is 4.12. The number of nitrogens with zero attached hydrogens (tertiary/aromatic N) is 1. The number of rotatable bonds is 6. The summed E-state index contributed by atoms with van der Waals surface area (Å²) in [5.41, 5.74) is 5.45. The average molecular weight is 368 g/mol. The van der Waals surface area contributed by atoms with E-state index in [9.17, 15) is 4.79 Å². The molecular weight excluding hydrogens is 344 g/mol. The molecule has 6 nitrogen and oxygen atoms in total. The van der Waals surface area contributed by atoms with Crippen LogP contribution in [0.3, 0.4) is 0 Å². The largest absolute Gasteiger partial charge is 0.486 e. The van der Waals surface area contributed by atoms with Gasteiger partial charge in [-0.1, -0.05) is 26.0 Å². The van der Waals surface area contributed by atoms with Crippen molar-refractivity contribution in [2.75, 3.05) is 19.8 Å². The SMILES string of the molecule is Cc1ccc(C(C)C)c(OCC(=O)NN=Cc2ccc3c(c2)OCCO3)c1. The Hall–Kier alpha value is -3.02. The molecule has 3 rings (SSSR count). The van der Waals surface area contributed by atoms with Gasteiger partial charge in [0.15, 0.2) is 18.1 Å². The molecule has 1 amide bonds. The van der Waals surface area contributed by atoms with E-state index in [1.54, 1.807) is 6.21 Å². The van der Waals surface area contributed by atoms with Crippen molar-refractivity contribution < 1.29 is 19.0 Å². The summed E-state index contributed by atoms with van der Waals surface area (Å²) < 4.78 is 16.7. The zero-order chi connectivity index (χ0) is 19.2. The number of nitrogens with one attached hydrogen (secondary N) is 1. The van der Waals surface area contributed by atoms with E-state index in [0.717, 1.165) is 28.2 Å². The molecule has 0 radical (unpaired) electrons. The molecule has 1 N–H and O–H groups in total. The number of benzene rings is 2. The van der Waals surface area contributed by atoms with Crippen molar-refractivity contribution in [1.82, 2.24) is 5.43 Å². The van der Waals surface area contributed by atoms with Crippen LogP contribution < -0.4 is 19.6 Å². The first-order valence-electron chi connectivity index (χ1n) is 8.98. The van der Waals surface area contributed by atoms with Gasteiger partial charge in [0.2, 0.25) is 0 Å². The van der Waals surface area contributed by atoms with E-state index >= 15 is 0 Å². The minimum atomic E-state index is -0.319. The quantitative estimate of drug-likeness (QED) is 0.627. The second-order valence-electron chi connectivity index (χ2n) is 6.68. The van der Waals surface area contributed by atoms with Crippen molar-refractivity contribution in [2.45, 2.75) is 26.7 Å². The Balaban J connectivity index is 1.54. The smallest absolute Gasteiger partial charge is 0.277 e. The van der Waals surface area contributed by atoms with E-state index in [1.165, 1.54) is 0 Å². The van der Waals surface area contributed by atoms with Crippen molar-refractivity contribution >= 4 is 12.1 Å². The fourth-order valence-electron chi connectivity index (χ4n) is 2.74. The Labute approximate surface area is 159 Å². The van der Waals surface area contributed by atoms with Gasteiger partial charge in [-0.3, -0.25) is 4.79 Å². The lowest BCUT2D eigenvalue weighted by molar-refractivity contribution is -0.123. The number of carbonyl (C=O) groups is 1. The van der Waals surface area contributed by atoms with Gasteiger partial charge in [-0.25, -0.2) is 5.43 Å². The van der Waals surface area contributed by atoms with Crippen LogP contribution in [0.5, 0.6) is 17.2 Å². The number of fused-ring (bicyclic) bond motifs is 1. The monoisotopic (exact) mass is 368 g/mol. The molecule has 2 aromatic carbocycles. The minimum Gasteiger partial charge on any atom is -0.486 e. The van der Waals surface area contributed by atoms with Crippen LogP contribution in [0.25, 0.3) is 0 Å². The van der Waals surface area contributed by atoms with E-state index < -0.39 is 0 Å². The maximum Gasteiger partial charge on any atom is 0.277 e. The second kappa shape index (κ2) is 8.58. The standard InChI is InChI=1S/C21H24N2O4/c1-14(2)17-6-4-15(3)10-19(17)27-13-21(24)23-22-12-16-5-7-18-20(11-16)26-9-8-25-18/h4-7,10-12,14H,8-9,13H2,1-3H3,(H,23,24). The van der Waals surface area contributed by atoms with Gasteiger partial charge in [0.1, 0.15) is 19.0 Å². The number of aryl methyl sites for hydroxylation is 1. The second-order valence-corrected chi connectivity index (χ2v) is 6.68. The van der Waals surface area contributed by atoms with E-state index in [-0.39, 0.29) is 12.5 Å². The van der Waals surface area contributed by atoms with Crippen LogP contribution in [0, 0.1) is 6.92 Å². The molecule has 0 spiro atoms. The highest BCUT2D eigenvalue weighted by atomic mass is 16.6. The van der Waals surface area contributed by atoms with Crippen LogP contribution in [0.1, 0.15) is 36.5 Å². The fraction of sp³-hybridized carbons (Fsp3) is 0.333. The van der Waals surface area contributed by atoms with Crippen molar-refractivity contribution in [3.63, 3.8) is 0 Å². The third-order valence-electron chi connectivity index (χ3n) is 4.12. The number of amides is 1. The predicted octanol–water partition coefficient (Wildman–Crippen LogP) is 3.42. The number of hydrogen-bond donors (Lipinski definition) is 1. The molecule has 27 heavy (non-hydrogen) atoms. The maximum atomic E-state index is 12.0. The van der Waals surface area contributed by atoms with Crippen LogP contribution in [0.15, 0.2) is 41.5 Å². The summed E-state index contributed by atoms with van der Waals surface area (Å²) in [7, 11) is 0. The van der Waals surface area contributed by atoms with E-state index in [0.29, 0.717) is 24.9 Å². The molecule has 0 aromatic heterocycles. The number of carbonyl (C=O) groups excluding carboxylic acids is 1. The zero-order valence-corrected chi connectivity index (χ0v) is 15.8. The summed E-state index contributed by atoms with van der Waals surface area (Å²) in [4.78, 5) is 12.0. The molecule has 0 bridgehead atoms. The molecule has 142 valence electrons. The van der Waals surface area contributed by atoms with Gasteiger partial charge >= 0.3 is 0 Å². The predicted molar refractivity (Wildman–Crippen MR) is 104 cm³/mol. The Morgan fingerprint density at radius 3 is 2.74 bits per heavy atom. The highest BCUT2D eigenvalue weighted by molar-refractivity contribution is 5.83. The first-order chi connectivity index (χ1) is 13.0. The van der Waals surface area contributed by atoms with Gasteiger partial charge in [-0.15, -0.1) is 0 Å². The molecule has 1 aliphatic heterocycles. The van der Waals surface area contributed by atoms with Crippen molar-refractivity contribution in [2.24, 2.45) is 5.10 Å². The summed E-state index contributed by atoms with van der Waals surface area (Å²) in [6.07, 6.45) is 1.56. The first kappa shape index (κ1) is 18.8. The van der Waals surface area contributed by atoms with Crippen LogP contribution in [0.4, 0.5) is 0 Å². The molecule has 0 fully saturated rings. The highest BCUT2D eigenvalue weighted by Gasteiger charge is 2.12. The van der Waals surface area contributed by atoms with E-state index in [1.807, 2.05) is 43.3 Å². The molecular formula is C21H24N2O4. The van der Waals surface area contributed by atoms with Gasteiger partial charge in [0.25, 0.3) is 5.91 Å². The molecule has 0 saturated carbocycles. The van der Waals surface area contributed by atoms with Crippen molar-refractivity contribution in [1.29, 1.82) is 0 Å². The lowest BCUT2D eigenvalue weighted by Crippen LogP contribution is -2.25. The van der Waals surface area contributed by atoms with Gasteiger partial charge in [-0.05, 0) is 53.8 Å². The van der Waals surface area contributed by atoms with Crippen molar-refractivity contribution in [3.8, 4) is 17.2 Å².